The molecule has 2 atom stereocenters. The van der Waals surface area contributed by atoms with E-state index in [2.05, 4.69) is 59.7 Å². The molecule has 0 aliphatic heterocycles. The van der Waals surface area contributed by atoms with Gasteiger partial charge < -0.3 is 48.9 Å². The Balaban J connectivity index is 1.02. The number of aromatic nitrogens is 1. The lowest BCUT2D eigenvalue weighted by Gasteiger charge is -2.29. The number of hydrogen-bond donors (Lipinski definition) is 4. The Kier molecular flexibility index (Phi) is 22.0. The number of aliphatic carboxylic acids is 1. The van der Waals surface area contributed by atoms with Crippen LogP contribution in [0.4, 0.5) is 11.4 Å². The Morgan fingerprint density at radius 2 is 1.41 bits per heavy atom. The van der Waals surface area contributed by atoms with Crippen molar-refractivity contribution < 1.29 is 48.2 Å². The molecular formula is C49H66N4O10. The first-order chi connectivity index (χ1) is 30.9. The van der Waals surface area contributed by atoms with Gasteiger partial charge >= 0.3 is 5.97 Å². The van der Waals surface area contributed by atoms with Gasteiger partial charge in [-0.05, 0) is 111 Å². The average molecular weight is 871 g/mol. The van der Waals surface area contributed by atoms with E-state index in [-0.39, 0.29) is 25.0 Å². The monoisotopic (exact) mass is 870 g/mol. The molecule has 1 aromatic heterocycles. The Morgan fingerprint density at radius 3 is 2.08 bits per heavy atom. The smallest absolute Gasteiger partial charge is 0.305 e. The fourth-order valence-electron chi connectivity index (χ4n) is 7.42. The van der Waals surface area contributed by atoms with Crippen molar-refractivity contribution in [1.29, 1.82) is 0 Å². The third kappa shape index (κ3) is 17.0. The summed E-state index contributed by atoms with van der Waals surface area (Å²) in [6, 6.07) is 25.9. The van der Waals surface area contributed by atoms with Crippen molar-refractivity contribution in [2.45, 2.75) is 64.6 Å². The molecule has 1 unspecified atom stereocenters. The van der Waals surface area contributed by atoms with Crippen LogP contribution in [0.25, 0.3) is 11.3 Å². The summed E-state index contributed by atoms with van der Waals surface area (Å²) in [7, 11) is 0. The molecule has 3 aromatic carbocycles. The van der Waals surface area contributed by atoms with E-state index in [1.54, 1.807) is 6.20 Å². The quantitative estimate of drug-likeness (QED) is 0.0301. The Morgan fingerprint density at radius 1 is 0.762 bits per heavy atom. The number of pyridine rings is 1. The number of ether oxygens (including phenoxy) is 6. The molecule has 1 amide bonds. The Labute approximate surface area is 372 Å². The second-order valence-corrected chi connectivity index (χ2v) is 15.2. The predicted octanol–water partition coefficient (Wildman–Crippen LogP) is 7.01. The molecule has 1 aliphatic carbocycles. The molecular weight excluding hydrogens is 805 g/mol. The van der Waals surface area contributed by atoms with Gasteiger partial charge in [0.25, 0.3) is 5.91 Å². The number of aliphatic hydroxyl groups excluding tert-OH is 1. The fourth-order valence-corrected chi connectivity index (χ4v) is 7.42. The largest absolute Gasteiger partial charge is 0.481 e. The molecule has 1 aliphatic rings. The lowest BCUT2D eigenvalue weighted by molar-refractivity contribution is -0.138. The molecule has 0 saturated carbocycles. The van der Waals surface area contributed by atoms with Gasteiger partial charge in [0.05, 0.1) is 90.5 Å². The van der Waals surface area contributed by atoms with E-state index < -0.39 is 12.2 Å². The minimum Gasteiger partial charge on any atom is -0.481 e. The number of aliphatic hydroxyl groups is 1. The zero-order valence-electron chi connectivity index (χ0n) is 36.9. The molecule has 14 heteroatoms. The number of carbonyl (C=O) groups is 2. The minimum atomic E-state index is -0.895. The second kappa shape index (κ2) is 28.1. The number of hydrogen-bond acceptors (Lipinski definition) is 12. The Hall–Kier alpha value is -4.77. The van der Waals surface area contributed by atoms with Gasteiger partial charge in [-0.15, -0.1) is 0 Å². The second-order valence-electron chi connectivity index (χ2n) is 15.2. The van der Waals surface area contributed by atoms with Gasteiger partial charge in [0, 0.05) is 48.7 Å². The van der Waals surface area contributed by atoms with Crippen LogP contribution in [0.3, 0.4) is 0 Å². The van der Waals surface area contributed by atoms with Gasteiger partial charge in [0.2, 0.25) is 0 Å². The van der Waals surface area contributed by atoms with Crippen LogP contribution < -0.4 is 15.5 Å². The van der Waals surface area contributed by atoms with Crippen LogP contribution in [-0.2, 0) is 46.1 Å². The summed E-state index contributed by atoms with van der Waals surface area (Å²) in [5, 5.41) is 26.6. The van der Waals surface area contributed by atoms with E-state index in [0.717, 1.165) is 62.0 Å². The first-order valence-electron chi connectivity index (χ1n) is 22.3. The van der Waals surface area contributed by atoms with E-state index >= 15 is 0 Å². The number of amides is 1. The van der Waals surface area contributed by atoms with E-state index in [9.17, 15) is 14.7 Å². The van der Waals surface area contributed by atoms with Crippen molar-refractivity contribution >= 4 is 23.3 Å². The third-order valence-electron chi connectivity index (χ3n) is 10.7. The minimum absolute atomic E-state index is 0.0122. The molecule has 0 spiro atoms. The molecule has 1 heterocycles. The van der Waals surface area contributed by atoms with Crippen molar-refractivity contribution in [2.24, 2.45) is 0 Å². The molecule has 0 bridgehead atoms. The summed E-state index contributed by atoms with van der Waals surface area (Å²) in [6.45, 7) is 11.1. The highest BCUT2D eigenvalue weighted by Crippen LogP contribution is 2.34. The number of carboxylic acid groups (broad SMARTS) is 1. The average Bonchev–Trinajstić information content (AvgIpc) is 3.30. The van der Waals surface area contributed by atoms with Crippen LogP contribution >= 0.6 is 0 Å². The van der Waals surface area contributed by atoms with Gasteiger partial charge in [0.1, 0.15) is 6.23 Å². The van der Waals surface area contributed by atoms with Crippen LogP contribution in [0.15, 0.2) is 85.1 Å². The van der Waals surface area contributed by atoms with E-state index in [0.29, 0.717) is 95.2 Å². The van der Waals surface area contributed by atoms with E-state index in [1.807, 2.05) is 48.5 Å². The summed E-state index contributed by atoms with van der Waals surface area (Å²) in [6.07, 6.45) is 5.43. The topological polar surface area (TPSA) is 170 Å². The van der Waals surface area contributed by atoms with Gasteiger partial charge in [0.15, 0.2) is 0 Å². The zero-order valence-corrected chi connectivity index (χ0v) is 36.9. The van der Waals surface area contributed by atoms with Crippen LogP contribution in [0.5, 0.6) is 0 Å². The van der Waals surface area contributed by atoms with Gasteiger partial charge in [-0.2, -0.15) is 0 Å². The van der Waals surface area contributed by atoms with Crippen molar-refractivity contribution in [1.82, 2.24) is 10.3 Å². The fraction of sp³-hybridized carbons (Fsp3) is 0.490. The highest BCUT2D eigenvalue weighted by atomic mass is 16.6. The van der Waals surface area contributed by atoms with Crippen LogP contribution in [0, 0.1) is 0 Å². The van der Waals surface area contributed by atoms with Crippen LogP contribution in [0.2, 0.25) is 0 Å². The molecule has 4 N–H and O–H groups in total. The van der Waals surface area contributed by atoms with Gasteiger partial charge in [-0.3, -0.25) is 19.9 Å². The van der Waals surface area contributed by atoms with Crippen LogP contribution in [-0.4, -0.2) is 119 Å². The number of nitrogens with zero attached hydrogens (tertiary/aromatic N) is 2. The van der Waals surface area contributed by atoms with Crippen molar-refractivity contribution in [3.8, 4) is 11.3 Å². The van der Waals surface area contributed by atoms with Crippen LogP contribution in [0.1, 0.15) is 84.4 Å². The standard InChI is InChI=1S/C49H66N4O10/c1-3-53(4-2)41-17-18-45(43(36-41)46-35-40(19-21-50-46)49(57)51-44-16-8-13-38-12-5-6-15-42(38)44)52-48(56)39-14-7-10-37(34-39)11-9-22-58-24-26-60-28-30-62-32-33-63-31-29-61-27-25-59-23-20-47(54)55/h5-7,10,12,14-15,17-19,21,34-36,44,49,51,57H,3-4,8-9,11,13,16,20,22-33H2,1-2H3,(H,52,56)(H,54,55)/t44-,49?/m0/s1. The normalized spacial score (nSPS) is 14.0. The number of carbonyl (C=O) groups excluding carboxylic acids is 1. The summed E-state index contributed by atoms with van der Waals surface area (Å²) in [4.78, 5) is 31.2. The van der Waals surface area contributed by atoms with Gasteiger partial charge in [-0.25, -0.2) is 0 Å². The molecule has 4 aromatic rings. The lowest BCUT2D eigenvalue weighted by atomic mass is 9.87. The molecule has 0 fully saturated rings. The predicted molar refractivity (Wildman–Crippen MR) is 243 cm³/mol. The van der Waals surface area contributed by atoms with E-state index in [1.165, 1.54) is 11.1 Å². The lowest BCUT2D eigenvalue weighted by Crippen LogP contribution is -2.29. The number of benzene rings is 3. The highest BCUT2D eigenvalue weighted by molar-refractivity contribution is 6.06. The van der Waals surface area contributed by atoms with E-state index in [4.69, 9.17) is 38.5 Å². The summed E-state index contributed by atoms with van der Waals surface area (Å²) in [5.74, 6) is -1.10. The molecule has 63 heavy (non-hydrogen) atoms. The van der Waals surface area contributed by atoms with Crippen molar-refractivity contribution in [3.63, 3.8) is 0 Å². The zero-order chi connectivity index (χ0) is 44.5. The van der Waals surface area contributed by atoms with Gasteiger partial charge in [-0.1, -0.05) is 36.4 Å². The summed E-state index contributed by atoms with van der Waals surface area (Å²) in [5.41, 5.74) is 7.97. The summed E-state index contributed by atoms with van der Waals surface area (Å²) < 4.78 is 32.9. The third-order valence-corrected chi connectivity index (χ3v) is 10.7. The van der Waals surface area contributed by atoms with Crippen molar-refractivity contribution in [2.75, 3.05) is 103 Å². The molecule has 14 nitrogen and oxygen atoms in total. The maximum atomic E-state index is 13.8. The molecule has 0 radical (unpaired) electrons. The number of anilines is 2. The SMILES string of the molecule is CCN(CC)c1ccc(NC(=O)c2cccc(CCCOCCOCCOCCOCCOCCOCCC(=O)O)c2)c(-c2cc(C(O)N[C@H]3CCCc4ccccc43)ccn2)c1. The number of fused-ring (bicyclic) bond motifs is 1. The molecule has 0 saturated heterocycles. The molecule has 342 valence electrons. The maximum absolute atomic E-state index is 13.8. The first-order valence-corrected chi connectivity index (χ1v) is 22.3. The van der Waals surface area contributed by atoms with Crippen molar-refractivity contribution in [3.05, 3.63) is 113 Å². The maximum Gasteiger partial charge on any atom is 0.305 e. The molecule has 5 rings (SSSR count). The number of carboxylic acids is 1. The first kappa shape index (κ1) is 49.2. The Bertz CT molecular complexity index is 1960. The number of nitrogens with one attached hydrogen (secondary N) is 2. The number of rotatable bonds is 31. The summed E-state index contributed by atoms with van der Waals surface area (Å²) >= 11 is 0. The highest BCUT2D eigenvalue weighted by Gasteiger charge is 2.23. The number of aryl methyl sites for hydroxylation is 2.